The van der Waals surface area contributed by atoms with Crippen molar-refractivity contribution in [1.82, 2.24) is 25.6 Å². The molecule has 0 aliphatic rings. The molecule has 2 amide bonds. The fourth-order valence-electron chi connectivity index (χ4n) is 2.16. The van der Waals surface area contributed by atoms with E-state index in [0.29, 0.717) is 16.5 Å². The Morgan fingerprint density at radius 2 is 1.62 bits per heavy atom. The van der Waals surface area contributed by atoms with Crippen LogP contribution in [0.4, 0.5) is 4.39 Å². The maximum absolute atomic E-state index is 12.9. The van der Waals surface area contributed by atoms with Gasteiger partial charge in [-0.2, -0.15) is 0 Å². The van der Waals surface area contributed by atoms with Gasteiger partial charge in [0.1, 0.15) is 11.6 Å². The van der Waals surface area contributed by atoms with E-state index in [-0.39, 0.29) is 11.4 Å². The summed E-state index contributed by atoms with van der Waals surface area (Å²) in [6, 6.07) is 11.8. The lowest BCUT2D eigenvalue weighted by Gasteiger charge is -2.05. The predicted octanol–water partition coefficient (Wildman–Crippen LogP) is 2.44. The Kier molecular flexibility index (Phi) is 4.94. The van der Waals surface area contributed by atoms with Crippen molar-refractivity contribution in [1.29, 1.82) is 0 Å². The Morgan fingerprint density at radius 3 is 2.27 bits per heavy atom. The lowest BCUT2D eigenvalue weighted by Crippen LogP contribution is -2.42. The lowest BCUT2D eigenvalue weighted by atomic mass is 10.2. The zero-order valence-corrected chi connectivity index (χ0v) is 14.3. The van der Waals surface area contributed by atoms with Gasteiger partial charge < -0.3 is 0 Å². The number of rotatable bonds is 3. The van der Waals surface area contributed by atoms with Crippen LogP contribution in [0, 0.1) is 12.7 Å². The number of hydrogen-bond acceptors (Lipinski definition) is 4. The number of hydrazine groups is 1. The normalized spacial score (nSPS) is 10.4. The molecule has 7 nitrogen and oxygen atoms in total. The summed E-state index contributed by atoms with van der Waals surface area (Å²) >= 11 is 5.85. The quantitative estimate of drug-likeness (QED) is 0.690. The molecule has 0 unspecified atom stereocenters. The summed E-state index contributed by atoms with van der Waals surface area (Å²) in [5, 5.41) is 4.70. The number of nitrogens with zero attached hydrogens (tertiary/aromatic N) is 3. The molecule has 2 N–H and O–H groups in total. The van der Waals surface area contributed by atoms with E-state index in [1.165, 1.54) is 16.8 Å². The third kappa shape index (κ3) is 3.86. The van der Waals surface area contributed by atoms with Crippen molar-refractivity contribution in [2.24, 2.45) is 0 Å². The first kappa shape index (κ1) is 17.6. The van der Waals surface area contributed by atoms with Crippen LogP contribution in [-0.4, -0.2) is 26.6 Å². The third-order valence-electron chi connectivity index (χ3n) is 3.44. The van der Waals surface area contributed by atoms with Crippen molar-refractivity contribution in [3.05, 3.63) is 76.6 Å². The van der Waals surface area contributed by atoms with Gasteiger partial charge >= 0.3 is 5.91 Å². The number of hydrogen-bond donors (Lipinski definition) is 2. The fraction of sp³-hybridized carbons (Fsp3) is 0.0588. The Hall–Kier alpha value is -3.26. The Labute approximate surface area is 152 Å². The minimum atomic E-state index is -0.684. The summed E-state index contributed by atoms with van der Waals surface area (Å²) in [5.41, 5.74) is 5.33. The molecule has 1 aromatic heterocycles. The van der Waals surface area contributed by atoms with Gasteiger partial charge in [-0.15, -0.1) is 5.10 Å². The molecule has 0 fully saturated rings. The first-order chi connectivity index (χ1) is 12.4. The molecule has 132 valence electrons. The summed E-state index contributed by atoms with van der Waals surface area (Å²) in [5.74, 6) is -1.36. The molecule has 0 aliphatic heterocycles. The van der Waals surface area contributed by atoms with E-state index in [1.54, 1.807) is 31.2 Å². The van der Waals surface area contributed by atoms with Gasteiger partial charge in [0.2, 0.25) is 5.82 Å². The molecule has 0 radical (unpaired) electrons. The number of aryl methyl sites for hydroxylation is 1. The van der Waals surface area contributed by atoms with Gasteiger partial charge in [-0.05, 0) is 55.5 Å². The Balaban J connectivity index is 1.68. The largest absolute Gasteiger partial charge is 0.309 e. The van der Waals surface area contributed by atoms with Gasteiger partial charge in [0.15, 0.2) is 0 Å². The maximum Gasteiger partial charge on any atom is 0.309 e. The highest BCUT2D eigenvalue weighted by atomic mass is 35.5. The van der Waals surface area contributed by atoms with Crippen molar-refractivity contribution < 1.29 is 14.0 Å². The summed E-state index contributed by atoms with van der Waals surface area (Å²) < 4.78 is 14.3. The standard InChI is InChI=1S/C17H13ClFN5O2/c1-10-20-15(23-24(10)14-8-4-12(18)5-9-14)17(26)22-21-16(25)11-2-6-13(19)7-3-11/h2-9H,1H3,(H,21,25)(H,22,26). The molecular formula is C17H13ClFN5O2. The summed E-state index contributed by atoms with van der Waals surface area (Å²) in [6.45, 7) is 1.69. The maximum atomic E-state index is 12.9. The van der Waals surface area contributed by atoms with Gasteiger partial charge in [0.05, 0.1) is 5.69 Å². The van der Waals surface area contributed by atoms with E-state index in [2.05, 4.69) is 20.9 Å². The second-order valence-electron chi connectivity index (χ2n) is 5.29. The highest BCUT2D eigenvalue weighted by Crippen LogP contribution is 2.14. The highest BCUT2D eigenvalue weighted by molar-refractivity contribution is 6.30. The molecule has 0 bridgehead atoms. The van der Waals surface area contributed by atoms with E-state index in [1.807, 2.05) is 0 Å². The minimum Gasteiger partial charge on any atom is -0.267 e. The summed E-state index contributed by atoms with van der Waals surface area (Å²) in [7, 11) is 0. The van der Waals surface area contributed by atoms with Crippen LogP contribution in [0.25, 0.3) is 5.69 Å². The first-order valence-electron chi connectivity index (χ1n) is 7.50. The predicted molar refractivity (Wildman–Crippen MR) is 92.4 cm³/mol. The zero-order chi connectivity index (χ0) is 18.7. The third-order valence-corrected chi connectivity index (χ3v) is 3.69. The second kappa shape index (κ2) is 7.32. The molecule has 3 aromatic rings. The van der Waals surface area contributed by atoms with E-state index in [0.717, 1.165) is 12.1 Å². The molecule has 9 heteroatoms. The number of carbonyl (C=O) groups excluding carboxylic acids is 2. The van der Waals surface area contributed by atoms with Crippen molar-refractivity contribution >= 4 is 23.4 Å². The Morgan fingerprint density at radius 1 is 1.00 bits per heavy atom. The van der Waals surface area contributed by atoms with Crippen LogP contribution in [0.15, 0.2) is 48.5 Å². The van der Waals surface area contributed by atoms with Gasteiger partial charge in [0.25, 0.3) is 5.91 Å². The van der Waals surface area contributed by atoms with Crippen LogP contribution in [0.3, 0.4) is 0 Å². The van der Waals surface area contributed by atoms with Gasteiger partial charge in [-0.25, -0.2) is 14.1 Å². The molecule has 3 rings (SSSR count). The molecule has 0 aliphatic carbocycles. The first-order valence-corrected chi connectivity index (χ1v) is 7.87. The number of carbonyl (C=O) groups is 2. The molecule has 0 saturated heterocycles. The van der Waals surface area contributed by atoms with Crippen LogP contribution in [-0.2, 0) is 0 Å². The number of halogens is 2. The fourth-order valence-corrected chi connectivity index (χ4v) is 2.28. The topological polar surface area (TPSA) is 88.9 Å². The molecule has 0 spiro atoms. The number of amides is 2. The average molecular weight is 374 g/mol. The number of nitrogens with one attached hydrogen (secondary N) is 2. The van der Waals surface area contributed by atoms with Crippen LogP contribution in [0.2, 0.25) is 5.02 Å². The average Bonchev–Trinajstić information content (AvgIpc) is 3.02. The van der Waals surface area contributed by atoms with Gasteiger partial charge in [-0.1, -0.05) is 11.6 Å². The summed E-state index contributed by atoms with van der Waals surface area (Å²) in [4.78, 5) is 28.1. The van der Waals surface area contributed by atoms with Crippen LogP contribution < -0.4 is 10.9 Å². The van der Waals surface area contributed by atoms with Gasteiger partial charge in [0, 0.05) is 10.6 Å². The lowest BCUT2D eigenvalue weighted by molar-refractivity contribution is 0.0841. The van der Waals surface area contributed by atoms with Crippen LogP contribution >= 0.6 is 11.6 Å². The molecule has 26 heavy (non-hydrogen) atoms. The van der Waals surface area contributed by atoms with Crippen LogP contribution in [0.1, 0.15) is 26.8 Å². The highest BCUT2D eigenvalue weighted by Gasteiger charge is 2.16. The smallest absolute Gasteiger partial charge is 0.267 e. The molecular weight excluding hydrogens is 361 g/mol. The van der Waals surface area contributed by atoms with Gasteiger partial charge in [-0.3, -0.25) is 20.4 Å². The van der Waals surface area contributed by atoms with E-state index in [4.69, 9.17) is 11.6 Å². The van der Waals surface area contributed by atoms with E-state index >= 15 is 0 Å². The molecule has 2 aromatic carbocycles. The van der Waals surface area contributed by atoms with E-state index in [9.17, 15) is 14.0 Å². The Bertz CT molecular complexity index is 954. The molecule has 0 atom stereocenters. The van der Waals surface area contributed by atoms with Crippen molar-refractivity contribution in [3.8, 4) is 5.69 Å². The van der Waals surface area contributed by atoms with E-state index < -0.39 is 17.6 Å². The van der Waals surface area contributed by atoms with Crippen LogP contribution in [0.5, 0.6) is 0 Å². The number of aromatic nitrogens is 3. The zero-order valence-electron chi connectivity index (χ0n) is 13.5. The minimum absolute atomic E-state index is 0.114. The number of benzene rings is 2. The van der Waals surface area contributed by atoms with Crippen molar-refractivity contribution in [2.75, 3.05) is 0 Å². The van der Waals surface area contributed by atoms with Crippen molar-refractivity contribution in [3.63, 3.8) is 0 Å². The molecule has 0 saturated carbocycles. The summed E-state index contributed by atoms with van der Waals surface area (Å²) in [6.07, 6.45) is 0. The molecule has 1 heterocycles. The monoisotopic (exact) mass is 373 g/mol. The second-order valence-corrected chi connectivity index (χ2v) is 5.72. The van der Waals surface area contributed by atoms with Crippen molar-refractivity contribution in [2.45, 2.75) is 6.92 Å². The SMILES string of the molecule is Cc1nc(C(=O)NNC(=O)c2ccc(F)cc2)nn1-c1ccc(Cl)cc1.